The van der Waals surface area contributed by atoms with Gasteiger partial charge in [-0.3, -0.25) is 19.5 Å². The highest BCUT2D eigenvalue weighted by atomic mass is 32.1. The average molecular weight is 500 g/mol. The molecule has 2 aromatic heterocycles. The van der Waals surface area contributed by atoms with E-state index in [1.54, 1.807) is 39.0 Å². The van der Waals surface area contributed by atoms with Crippen molar-refractivity contribution in [2.24, 2.45) is 4.99 Å². The fraction of sp³-hybridized carbons (Fsp3) is 0.261. The molecule has 1 aliphatic rings. The molecule has 0 unspecified atom stereocenters. The first-order chi connectivity index (χ1) is 16.7. The maximum absolute atomic E-state index is 13.3. The summed E-state index contributed by atoms with van der Waals surface area (Å²) >= 11 is 1.09. The van der Waals surface area contributed by atoms with E-state index in [1.165, 1.54) is 22.8 Å². The topological polar surface area (TPSA) is 146 Å². The fourth-order valence-corrected chi connectivity index (χ4v) is 4.69. The number of phenols is 1. The summed E-state index contributed by atoms with van der Waals surface area (Å²) in [4.78, 5) is 41.3. The molecule has 12 heteroatoms. The first kappa shape index (κ1) is 24.0. The Balaban J connectivity index is 1.90. The number of ether oxygens (including phenoxy) is 2. The molecule has 0 spiro atoms. The molecule has 3 aromatic rings. The Hall–Kier alpha value is -4.19. The number of hydrogen-bond donors (Lipinski definition) is 1. The van der Waals surface area contributed by atoms with Crippen LogP contribution in [0.15, 0.2) is 50.1 Å². The largest absolute Gasteiger partial charge is 0.504 e. The zero-order chi connectivity index (χ0) is 25.3. The number of hydrogen-bond acceptors (Lipinski definition) is 10. The van der Waals surface area contributed by atoms with E-state index in [1.807, 2.05) is 0 Å². The molecule has 1 aliphatic heterocycles. The lowest BCUT2D eigenvalue weighted by Gasteiger charge is -2.20. The number of esters is 1. The highest BCUT2D eigenvalue weighted by molar-refractivity contribution is 7.07. The van der Waals surface area contributed by atoms with Crippen LogP contribution in [0.4, 0.5) is 5.88 Å². The Kier molecular flexibility index (Phi) is 6.56. The minimum atomic E-state index is -1.02. The summed E-state index contributed by atoms with van der Waals surface area (Å²) < 4.78 is 17.5. The van der Waals surface area contributed by atoms with Crippen LogP contribution >= 0.6 is 11.3 Å². The predicted molar refractivity (Wildman–Crippen MR) is 126 cm³/mol. The zero-order valence-electron chi connectivity index (χ0n) is 19.0. The summed E-state index contributed by atoms with van der Waals surface area (Å²) in [6.45, 7) is 5.47. The van der Waals surface area contributed by atoms with E-state index < -0.39 is 28.4 Å². The number of nitrogens with zero attached hydrogens (tertiary/aromatic N) is 3. The molecule has 0 aliphatic carbocycles. The molecule has 4 rings (SSSR count). The Bertz CT molecular complexity index is 1530. The first-order valence-corrected chi connectivity index (χ1v) is 11.5. The van der Waals surface area contributed by atoms with Gasteiger partial charge in [-0.2, -0.15) is 0 Å². The number of aromatic nitrogens is 1. The molecule has 0 amide bonds. The summed E-state index contributed by atoms with van der Waals surface area (Å²) in [6.07, 6.45) is 1.62. The van der Waals surface area contributed by atoms with E-state index in [9.17, 15) is 24.8 Å². The summed E-state index contributed by atoms with van der Waals surface area (Å²) in [7, 11) is 0. The van der Waals surface area contributed by atoms with Crippen LogP contribution in [0.2, 0.25) is 0 Å². The lowest BCUT2D eigenvalue weighted by atomic mass is 10.0. The van der Waals surface area contributed by atoms with E-state index in [0.717, 1.165) is 11.3 Å². The van der Waals surface area contributed by atoms with Crippen LogP contribution in [0.1, 0.15) is 38.1 Å². The molecular formula is C23H21N3O8S. The number of thiazole rings is 1. The summed E-state index contributed by atoms with van der Waals surface area (Å²) in [5.41, 5.74) is 0.563. The van der Waals surface area contributed by atoms with Crippen molar-refractivity contribution in [3.8, 4) is 11.5 Å². The third-order valence-electron chi connectivity index (χ3n) is 5.18. The van der Waals surface area contributed by atoms with Gasteiger partial charge in [-0.1, -0.05) is 17.4 Å². The van der Waals surface area contributed by atoms with Gasteiger partial charge >= 0.3 is 11.9 Å². The minimum Gasteiger partial charge on any atom is -0.504 e. The second-order valence-electron chi connectivity index (χ2n) is 7.38. The zero-order valence-corrected chi connectivity index (χ0v) is 19.8. The van der Waals surface area contributed by atoms with Crippen molar-refractivity contribution in [3.05, 3.63) is 77.0 Å². The van der Waals surface area contributed by atoms with Crippen molar-refractivity contribution < 1.29 is 28.7 Å². The number of aromatic hydroxyl groups is 1. The Labute approximate surface area is 202 Å². The third kappa shape index (κ3) is 4.47. The molecule has 3 heterocycles. The van der Waals surface area contributed by atoms with Crippen LogP contribution < -0.4 is 19.6 Å². The van der Waals surface area contributed by atoms with Gasteiger partial charge < -0.3 is 19.0 Å². The first-order valence-electron chi connectivity index (χ1n) is 10.6. The fourth-order valence-electron chi connectivity index (χ4n) is 3.65. The highest BCUT2D eigenvalue weighted by Crippen LogP contribution is 2.34. The normalized spacial score (nSPS) is 15.5. The van der Waals surface area contributed by atoms with Gasteiger partial charge in [-0.25, -0.2) is 9.79 Å². The third-order valence-corrected chi connectivity index (χ3v) is 6.17. The molecule has 0 saturated heterocycles. The van der Waals surface area contributed by atoms with Gasteiger partial charge in [-0.05, 0) is 50.6 Å². The van der Waals surface area contributed by atoms with Crippen LogP contribution in [0.5, 0.6) is 11.5 Å². The van der Waals surface area contributed by atoms with Crippen molar-refractivity contribution in [1.29, 1.82) is 0 Å². The van der Waals surface area contributed by atoms with Gasteiger partial charge in [0.25, 0.3) is 5.56 Å². The van der Waals surface area contributed by atoms with E-state index >= 15 is 0 Å². The van der Waals surface area contributed by atoms with Crippen molar-refractivity contribution in [3.63, 3.8) is 0 Å². The molecule has 0 bridgehead atoms. The van der Waals surface area contributed by atoms with Crippen molar-refractivity contribution in [2.75, 3.05) is 13.2 Å². The van der Waals surface area contributed by atoms with E-state index in [-0.39, 0.29) is 29.4 Å². The number of allylic oxidation sites excluding steroid dienone is 1. The summed E-state index contributed by atoms with van der Waals surface area (Å²) in [6, 6.07) is 6.24. The number of fused-ring (bicyclic) bond motifs is 1. The Morgan fingerprint density at radius 1 is 1.31 bits per heavy atom. The number of nitro groups is 1. The van der Waals surface area contributed by atoms with Crippen LogP contribution in [0, 0.1) is 10.1 Å². The number of carbonyl (C=O) groups is 1. The second-order valence-corrected chi connectivity index (χ2v) is 8.39. The monoisotopic (exact) mass is 499 g/mol. The molecular weight excluding hydrogens is 478 g/mol. The molecule has 1 atom stereocenters. The molecule has 0 fully saturated rings. The van der Waals surface area contributed by atoms with Crippen molar-refractivity contribution in [2.45, 2.75) is 26.8 Å². The molecule has 1 aromatic carbocycles. The van der Waals surface area contributed by atoms with Gasteiger partial charge in [0, 0.05) is 5.70 Å². The number of furan rings is 1. The second kappa shape index (κ2) is 9.58. The average Bonchev–Trinajstić information content (AvgIpc) is 3.42. The maximum atomic E-state index is 13.3. The number of phenolic OH excluding ortho intramolecular Hbond substituents is 1. The predicted octanol–water partition coefficient (Wildman–Crippen LogP) is 2.51. The van der Waals surface area contributed by atoms with E-state index in [2.05, 4.69) is 4.99 Å². The van der Waals surface area contributed by atoms with Gasteiger partial charge in [0.1, 0.15) is 16.7 Å². The SMILES string of the molecule is CCOC(=O)C1=C(C)n2c(s/c(=C\c3ccc(O)c(OCC)c3)c2=O)=N[C@@H]1c1ccc([N+](=O)[O-])o1. The van der Waals surface area contributed by atoms with Crippen molar-refractivity contribution >= 4 is 35.0 Å². The van der Waals surface area contributed by atoms with Crippen LogP contribution in [0.3, 0.4) is 0 Å². The number of rotatable bonds is 7. The quantitative estimate of drug-likeness (QED) is 0.296. The maximum Gasteiger partial charge on any atom is 0.433 e. The highest BCUT2D eigenvalue weighted by Gasteiger charge is 2.34. The molecule has 1 N–H and O–H groups in total. The van der Waals surface area contributed by atoms with E-state index in [0.29, 0.717) is 27.2 Å². The van der Waals surface area contributed by atoms with Gasteiger partial charge in [0.2, 0.25) is 0 Å². The lowest BCUT2D eigenvalue weighted by molar-refractivity contribution is -0.402. The summed E-state index contributed by atoms with van der Waals surface area (Å²) in [5.74, 6) is -0.845. The standard InChI is InChI=1S/C23H21N3O8S/c1-4-32-16-10-13(6-7-14(16)27)11-17-21(28)25-12(3)19(22(29)33-5-2)20(24-23(25)35-17)15-8-9-18(34-15)26(30)31/h6-11,20,27H,4-5H2,1-3H3/b17-11-/t20-/m1/s1. The van der Waals surface area contributed by atoms with Gasteiger partial charge in [0.05, 0.1) is 29.4 Å². The van der Waals surface area contributed by atoms with Gasteiger partial charge in [-0.15, -0.1) is 0 Å². The summed E-state index contributed by atoms with van der Waals surface area (Å²) in [5, 5.41) is 21.0. The smallest absolute Gasteiger partial charge is 0.433 e. The lowest BCUT2D eigenvalue weighted by Crippen LogP contribution is -2.35. The molecule has 0 saturated carbocycles. The van der Waals surface area contributed by atoms with Crippen LogP contribution in [-0.4, -0.2) is 33.8 Å². The van der Waals surface area contributed by atoms with Crippen LogP contribution in [-0.2, 0) is 9.53 Å². The molecule has 0 radical (unpaired) electrons. The molecule has 182 valence electrons. The van der Waals surface area contributed by atoms with Crippen LogP contribution in [0.25, 0.3) is 11.8 Å². The Morgan fingerprint density at radius 3 is 2.74 bits per heavy atom. The minimum absolute atomic E-state index is 0.0190. The Morgan fingerprint density at radius 2 is 2.09 bits per heavy atom. The van der Waals surface area contributed by atoms with Gasteiger partial charge in [0.15, 0.2) is 16.3 Å². The van der Waals surface area contributed by atoms with Crippen molar-refractivity contribution in [1.82, 2.24) is 4.57 Å². The van der Waals surface area contributed by atoms with E-state index in [4.69, 9.17) is 13.9 Å². The molecule has 11 nitrogen and oxygen atoms in total. The number of benzene rings is 1. The number of carbonyl (C=O) groups excluding carboxylic acids is 1. The molecule has 35 heavy (non-hydrogen) atoms.